The van der Waals surface area contributed by atoms with E-state index in [1.165, 1.54) is 6.92 Å². The fourth-order valence-electron chi connectivity index (χ4n) is 4.73. The van der Waals surface area contributed by atoms with Gasteiger partial charge in [-0.2, -0.15) is 13.2 Å². The van der Waals surface area contributed by atoms with E-state index in [4.69, 9.17) is 0 Å². The first-order chi connectivity index (χ1) is 14.0. The van der Waals surface area contributed by atoms with Gasteiger partial charge in [-0.1, -0.05) is 5.57 Å². The Bertz CT molecular complexity index is 714. The second-order valence-electron chi connectivity index (χ2n) is 8.35. The number of amides is 2. The van der Waals surface area contributed by atoms with Crippen molar-refractivity contribution in [3.05, 3.63) is 11.1 Å². The maximum atomic E-state index is 14.1. The summed E-state index contributed by atoms with van der Waals surface area (Å²) in [5.41, 5.74) is 0.233. The summed E-state index contributed by atoms with van der Waals surface area (Å²) in [6.07, 6.45) is -7.59. The molecule has 6 unspecified atom stereocenters. The van der Waals surface area contributed by atoms with Crippen molar-refractivity contribution in [2.75, 3.05) is 13.1 Å². The average molecular weight is 438 g/mol. The average Bonchev–Trinajstić information content (AvgIpc) is 2.63. The van der Waals surface area contributed by atoms with Gasteiger partial charge in [-0.15, -0.1) is 0 Å². The number of piperidine rings is 2. The van der Waals surface area contributed by atoms with Crippen LogP contribution in [-0.4, -0.2) is 67.6 Å². The first-order valence-electron chi connectivity index (χ1n) is 10.1. The summed E-state index contributed by atoms with van der Waals surface area (Å²) in [6.45, 7) is 3.12. The Kier molecular flexibility index (Phi) is 6.71. The third-order valence-corrected chi connectivity index (χ3v) is 6.24. The zero-order chi connectivity index (χ0) is 22.2. The Labute approximate surface area is 171 Å². The van der Waals surface area contributed by atoms with Crippen LogP contribution in [0.15, 0.2) is 11.1 Å². The highest BCUT2D eigenvalue weighted by molar-refractivity contribution is 6.00. The molecule has 3 aliphatic heterocycles. The lowest BCUT2D eigenvalue weighted by atomic mass is 9.75. The highest BCUT2D eigenvalue weighted by Crippen LogP contribution is 2.38. The molecule has 0 aromatic heterocycles. The maximum Gasteiger partial charge on any atom is 0.404 e. The number of fused-ring (bicyclic) bond motifs is 1. The van der Waals surface area contributed by atoms with E-state index in [9.17, 15) is 31.5 Å². The molecule has 0 bridgehead atoms. The molecule has 170 valence electrons. The SMILES string of the molecule is CC1=C(CC(=O)N[C@@H](C)C2NCC(F)CC2F)C(=O)NC2CCNC(C(F)(F)F)C12. The molecule has 7 atom stereocenters. The number of halogens is 5. The maximum absolute atomic E-state index is 14.1. The molecule has 11 heteroatoms. The first kappa shape index (κ1) is 22.9. The number of carbonyl (C=O) groups excluding carboxylic acids is 2. The van der Waals surface area contributed by atoms with Gasteiger partial charge in [0.25, 0.3) is 0 Å². The largest absolute Gasteiger partial charge is 0.404 e. The second kappa shape index (κ2) is 8.78. The predicted molar refractivity (Wildman–Crippen MR) is 99.0 cm³/mol. The number of alkyl halides is 5. The number of hydrogen-bond donors (Lipinski definition) is 4. The van der Waals surface area contributed by atoms with Crippen LogP contribution >= 0.6 is 0 Å². The minimum absolute atomic E-state index is 0.00359. The normalized spacial score (nSPS) is 36.0. The number of nitrogens with one attached hydrogen (secondary N) is 4. The molecule has 30 heavy (non-hydrogen) atoms. The van der Waals surface area contributed by atoms with Crippen molar-refractivity contribution in [1.82, 2.24) is 21.3 Å². The molecule has 4 N–H and O–H groups in total. The second-order valence-corrected chi connectivity index (χ2v) is 8.35. The monoisotopic (exact) mass is 438 g/mol. The van der Waals surface area contributed by atoms with E-state index >= 15 is 0 Å². The Morgan fingerprint density at radius 1 is 1.27 bits per heavy atom. The molecular formula is C19H27F5N4O2. The van der Waals surface area contributed by atoms with E-state index in [2.05, 4.69) is 21.3 Å². The van der Waals surface area contributed by atoms with Crippen LogP contribution in [0, 0.1) is 5.92 Å². The Morgan fingerprint density at radius 3 is 2.60 bits per heavy atom. The molecule has 2 saturated heterocycles. The smallest absolute Gasteiger partial charge is 0.352 e. The predicted octanol–water partition coefficient (Wildman–Crippen LogP) is 1.27. The quantitative estimate of drug-likeness (QED) is 0.499. The lowest BCUT2D eigenvalue weighted by molar-refractivity contribution is -0.172. The Balaban J connectivity index is 1.71. The molecule has 3 aliphatic rings. The Morgan fingerprint density at radius 2 is 1.97 bits per heavy atom. The number of carbonyl (C=O) groups is 2. The van der Waals surface area contributed by atoms with Gasteiger partial charge in [-0.3, -0.25) is 9.59 Å². The van der Waals surface area contributed by atoms with Gasteiger partial charge in [0.05, 0.1) is 12.5 Å². The third kappa shape index (κ3) is 4.77. The zero-order valence-electron chi connectivity index (χ0n) is 16.8. The van der Waals surface area contributed by atoms with Gasteiger partial charge in [0, 0.05) is 36.5 Å². The lowest BCUT2D eigenvalue weighted by Crippen LogP contribution is -2.62. The lowest BCUT2D eigenvalue weighted by Gasteiger charge is -2.44. The van der Waals surface area contributed by atoms with Crippen molar-refractivity contribution >= 4 is 11.8 Å². The fraction of sp³-hybridized carbons (Fsp3) is 0.789. The summed E-state index contributed by atoms with van der Waals surface area (Å²) in [6, 6.07) is -3.91. The topological polar surface area (TPSA) is 82.3 Å². The van der Waals surface area contributed by atoms with Crippen LogP contribution in [0.4, 0.5) is 22.0 Å². The van der Waals surface area contributed by atoms with Crippen LogP contribution in [0.1, 0.15) is 33.1 Å². The van der Waals surface area contributed by atoms with Crippen LogP contribution in [0.2, 0.25) is 0 Å². The van der Waals surface area contributed by atoms with Crippen LogP contribution in [0.5, 0.6) is 0 Å². The first-order valence-corrected chi connectivity index (χ1v) is 10.1. The molecule has 0 aromatic carbocycles. The molecule has 0 aromatic rings. The summed E-state index contributed by atoms with van der Waals surface area (Å²) >= 11 is 0. The summed E-state index contributed by atoms with van der Waals surface area (Å²) < 4.78 is 67.7. The molecule has 0 saturated carbocycles. The van der Waals surface area contributed by atoms with E-state index < -0.39 is 66.8 Å². The number of rotatable bonds is 4. The van der Waals surface area contributed by atoms with Gasteiger partial charge in [0.2, 0.25) is 11.8 Å². The number of hydrogen-bond acceptors (Lipinski definition) is 4. The van der Waals surface area contributed by atoms with Gasteiger partial charge in [0.1, 0.15) is 18.4 Å². The van der Waals surface area contributed by atoms with Gasteiger partial charge >= 0.3 is 6.18 Å². The van der Waals surface area contributed by atoms with Crippen LogP contribution in [0.25, 0.3) is 0 Å². The standard InChI is InChI=1S/C19H27F5N4O2/c1-8-11(6-14(29)27-9(2)16-12(21)5-10(20)7-26-16)18(30)28-13-3-4-25-17(15(8)13)19(22,23)24/h9-10,12-13,15-17,25-26H,3-7H2,1-2H3,(H,27,29)(H,28,30)/t9-,10?,12?,13?,15?,16?,17?/m0/s1. The molecule has 3 rings (SSSR count). The highest BCUT2D eigenvalue weighted by Gasteiger charge is 2.52. The van der Waals surface area contributed by atoms with E-state index in [1.54, 1.807) is 6.92 Å². The Hall–Kier alpha value is -1.75. The minimum Gasteiger partial charge on any atom is -0.352 e. The van der Waals surface area contributed by atoms with E-state index in [-0.39, 0.29) is 30.7 Å². The summed E-state index contributed by atoms with van der Waals surface area (Å²) in [7, 11) is 0. The van der Waals surface area contributed by atoms with Crippen molar-refractivity contribution in [2.45, 2.75) is 75.8 Å². The van der Waals surface area contributed by atoms with E-state index in [0.29, 0.717) is 6.42 Å². The molecule has 2 fully saturated rings. The van der Waals surface area contributed by atoms with Gasteiger partial charge in [0.15, 0.2) is 0 Å². The molecule has 0 radical (unpaired) electrons. The van der Waals surface area contributed by atoms with Crippen molar-refractivity contribution in [1.29, 1.82) is 0 Å². The minimum atomic E-state index is -4.49. The highest BCUT2D eigenvalue weighted by atomic mass is 19.4. The summed E-state index contributed by atoms with van der Waals surface area (Å²) in [5, 5.41) is 10.4. The summed E-state index contributed by atoms with van der Waals surface area (Å²) in [5.74, 6) is -2.15. The van der Waals surface area contributed by atoms with Crippen molar-refractivity contribution in [2.24, 2.45) is 5.92 Å². The zero-order valence-corrected chi connectivity index (χ0v) is 16.8. The van der Waals surface area contributed by atoms with E-state index in [1.807, 2.05) is 0 Å². The molecule has 6 nitrogen and oxygen atoms in total. The molecular weight excluding hydrogens is 411 g/mol. The van der Waals surface area contributed by atoms with Gasteiger partial charge < -0.3 is 21.3 Å². The van der Waals surface area contributed by atoms with Crippen molar-refractivity contribution < 1.29 is 31.5 Å². The van der Waals surface area contributed by atoms with E-state index in [0.717, 1.165) is 0 Å². The fourth-order valence-corrected chi connectivity index (χ4v) is 4.73. The molecule has 0 spiro atoms. The van der Waals surface area contributed by atoms with Crippen molar-refractivity contribution in [3.63, 3.8) is 0 Å². The van der Waals surface area contributed by atoms with Crippen molar-refractivity contribution in [3.8, 4) is 0 Å². The molecule has 0 aliphatic carbocycles. The third-order valence-electron chi connectivity index (χ3n) is 6.24. The van der Waals surface area contributed by atoms with Crippen LogP contribution in [-0.2, 0) is 9.59 Å². The summed E-state index contributed by atoms with van der Waals surface area (Å²) in [4.78, 5) is 24.9. The van der Waals surface area contributed by atoms with Crippen LogP contribution < -0.4 is 21.3 Å². The molecule has 3 heterocycles. The van der Waals surface area contributed by atoms with Crippen LogP contribution in [0.3, 0.4) is 0 Å². The van der Waals surface area contributed by atoms with Gasteiger partial charge in [-0.25, -0.2) is 8.78 Å². The van der Waals surface area contributed by atoms with Gasteiger partial charge in [-0.05, 0) is 26.8 Å². The molecule has 2 amide bonds.